The summed E-state index contributed by atoms with van der Waals surface area (Å²) in [6, 6.07) is 0. The van der Waals surface area contributed by atoms with Crippen molar-refractivity contribution in [3.05, 3.63) is 0 Å². The zero-order valence-corrected chi connectivity index (χ0v) is 33.7. The van der Waals surface area contributed by atoms with Crippen molar-refractivity contribution in [1.29, 1.82) is 0 Å². The van der Waals surface area contributed by atoms with Gasteiger partial charge < -0.3 is 36.3 Å². The predicted octanol–water partition coefficient (Wildman–Crippen LogP) is 8.17. The van der Waals surface area contributed by atoms with Crippen molar-refractivity contribution in [2.45, 2.75) is 169 Å². The van der Waals surface area contributed by atoms with E-state index < -0.39 is 0 Å². The standard InChI is InChI=1S/C43H84N4O3/c1-6-8-10-24-47(25-11-9-7-2)26-12-16-33(3)36-17-18-37-41-38(32-40(43(36,37)5)50-29-15-23-46)42(4)20-19-35(48-27-13-21-44)30-34(42)31-39(41)49-28-14-22-45/h33-41H,6-32,44-46H2,1-5H3/t33?,34-,35+,36?,37-,38-,39+,40-,41-,42-,43+/m0/s1. The fraction of sp³-hybridized carbons (Fsp3) is 1.00. The van der Waals surface area contributed by atoms with E-state index in [4.69, 9.17) is 31.4 Å². The van der Waals surface area contributed by atoms with E-state index in [1.807, 2.05) is 0 Å². The minimum absolute atomic E-state index is 0.179. The first-order valence-electron chi connectivity index (χ1n) is 22.0. The van der Waals surface area contributed by atoms with Crippen LogP contribution in [-0.2, 0) is 14.2 Å². The van der Waals surface area contributed by atoms with E-state index in [-0.39, 0.29) is 5.41 Å². The molecule has 4 rings (SSSR count). The Labute approximate surface area is 309 Å². The van der Waals surface area contributed by atoms with Gasteiger partial charge in [-0.25, -0.2) is 0 Å². The van der Waals surface area contributed by atoms with Crippen LogP contribution in [0.1, 0.15) is 150 Å². The molecule has 4 fully saturated rings. The van der Waals surface area contributed by atoms with Gasteiger partial charge in [-0.15, -0.1) is 0 Å². The minimum Gasteiger partial charge on any atom is -0.378 e. The number of ether oxygens (including phenoxy) is 3. The molecule has 7 nitrogen and oxygen atoms in total. The third-order valence-electron chi connectivity index (χ3n) is 14.8. The Balaban J connectivity index is 1.53. The largest absolute Gasteiger partial charge is 0.378 e. The summed E-state index contributed by atoms with van der Waals surface area (Å²) in [5.74, 6) is 3.92. The van der Waals surface area contributed by atoms with Gasteiger partial charge in [-0.3, -0.25) is 0 Å². The third kappa shape index (κ3) is 10.5. The summed E-state index contributed by atoms with van der Waals surface area (Å²) in [6.45, 7) is 20.9. The van der Waals surface area contributed by atoms with Crippen LogP contribution in [0.5, 0.6) is 0 Å². The summed E-state index contributed by atoms with van der Waals surface area (Å²) in [5.41, 5.74) is 18.3. The smallest absolute Gasteiger partial charge is 0.0637 e. The minimum atomic E-state index is 0.179. The lowest BCUT2D eigenvalue weighted by atomic mass is 9.43. The summed E-state index contributed by atoms with van der Waals surface area (Å²) >= 11 is 0. The summed E-state index contributed by atoms with van der Waals surface area (Å²) in [4.78, 5) is 2.79. The Morgan fingerprint density at radius 1 is 0.680 bits per heavy atom. The molecular weight excluding hydrogens is 620 g/mol. The Bertz CT molecular complexity index is 915. The van der Waals surface area contributed by atoms with Crippen LogP contribution in [0, 0.1) is 46.3 Å². The van der Waals surface area contributed by atoms with Gasteiger partial charge in [-0.2, -0.15) is 0 Å². The van der Waals surface area contributed by atoms with Crippen molar-refractivity contribution in [3.63, 3.8) is 0 Å². The SMILES string of the molecule is CCCCCN(CCCCC)CCCC(C)C1CC[C@H]2[C@@H]3[C@H](OCCCN)C[C@@H]4C[C@H](OCCCN)CC[C@]4(C)[C@H]3C[C@H](OCCCN)[C@]12C. The van der Waals surface area contributed by atoms with Gasteiger partial charge in [0.05, 0.1) is 18.3 Å². The van der Waals surface area contributed by atoms with Crippen LogP contribution < -0.4 is 17.2 Å². The lowest BCUT2D eigenvalue weighted by Crippen LogP contribution is -2.63. The van der Waals surface area contributed by atoms with Crippen molar-refractivity contribution in [1.82, 2.24) is 4.90 Å². The Kier molecular flexibility index (Phi) is 18.3. The first kappa shape index (κ1) is 42.5. The van der Waals surface area contributed by atoms with Gasteiger partial charge in [0.25, 0.3) is 0 Å². The molecule has 0 bridgehead atoms. The first-order valence-corrected chi connectivity index (χ1v) is 22.0. The maximum atomic E-state index is 7.09. The number of fused-ring (bicyclic) bond motifs is 5. The van der Waals surface area contributed by atoms with Gasteiger partial charge in [0.2, 0.25) is 0 Å². The number of unbranched alkanes of at least 4 members (excludes halogenated alkanes) is 4. The van der Waals surface area contributed by atoms with Gasteiger partial charge in [0, 0.05) is 25.2 Å². The van der Waals surface area contributed by atoms with Crippen LogP contribution in [0.25, 0.3) is 0 Å². The highest BCUT2D eigenvalue weighted by atomic mass is 16.5. The molecule has 4 aliphatic rings. The molecule has 4 saturated carbocycles. The lowest BCUT2D eigenvalue weighted by Gasteiger charge is -2.65. The maximum absolute atomic E-state index is 7.09. The normalized spacial score (nSPS) is 35.9. The molecule has 0 heterocycles. The molecule has 0 aromatic carbocycles. The highest BCUT2D eigenvalue weighted by Crippen LogP contribution is 2.69. The zero-order chi connectivity index (χ0) is 36.0. The number of hydrogen-bond donors (Lipinski definition) is 3. The maximum Gasteiger partial charge on any atom is 0.0637 e. The summed E-state index contributed by atoms with van der Waals surface area (Å²) in [6.07, 6.45) is 23.1. The average Bonchev–Trinajstić information content (AvgIpc) is 3.47. The van der Waals surface area contributed by atoms with Crippen LogP contribution in [0.2, 0.25) is 0 Å². The Hall–Kier alpha value is -0.280. The predicted molar refractivity (Wildman–Crippen MR) is 210 cm³/mol. The van der Waals surface area contributed by atoms with E-state index in [2.05, 4.69) is 39.5 Å². The van der Waals surface area contributed by atoms with Crippen molar-refractivity contribution in [2.75, 3.05) is 59.1 Å². The van der Waals surface area contributed by atoms with Crippen LogP contribution in [0.3, 0.4) is 0 Å². The van der Waals surface area contributed by atoms with Crippen molar-refractivity contribution in [3.8, 4) is 0 Å². The summed E-state index contributed by atoms with van der Waals surface area (Å²) < 4.78 is 20.5. The quantitative estimate of drug-likeness (QED) is 0.0823. The van der Waals surface area contributed by atoms with E-state index in [0.29, 0.717) is 78.9 Å². The molecule has 0 aromatic heterocycles. The number of rotatable bonds is 25. The average molecular weight is 705 g/mol. The molecule has 0 aliphatic heterocycles. The van der Waals surface area contributed by atoms with Crippen LogP contribution in [0.4, 0.5) is 0 Å². The third-order valence-corrected chi connectivity index (χ3v) is 14.8. The molecule has 0 amide bonds. The van der Waals surface area contributed by atoms with Crippen molar-refractivity contribution >= 4 is 0 Å². The van der Waals surface area contributed by atoms with E-state index >= 15 is 0 Å². The monoisotopic (exact) mass is 705 g/mol. The molecular formula is C43H84N4O3. The topological polar surface area (TPSA) is 109 Å². The molecule has 7 heteroatoms. The molecule has 294 valence electrons. The van der Waals surface area contributed by atoms with Crippen LogP contribution in [0.15, 0.2) is 0 Å². The number of hydrogen-bond acceptors (Lipinski definition) is 7. The van der Waals surface area contributed by atoms with Crippen LogP contribution in [-0.4, -0.2) is 82.3 Å². The van der Waals surface area contributed by atoms with Crippen LogP contribution >= 0.6 is 0 Å². The lowest BCUT2D eigenvalue weighted by molar-refractivity contribution is -0.227. The fourth-order valence-corrected chi connectivity index (χ4v) is 11.9. The first-order chi connectivity index (χ1) is 24.3. The van der Waals surface area contributed by atoms with Gasteiger partial charge >= 0.3 is 0 Å². The van der Waals surface area contributed by atoms with E-state index in [1.54, 1.807) is 0 Å². The fourth-order valence-electron chi connectivity index (χ4n) is 11.9. The highest BCUT2D eigenvalue weighted by molar-refractivity contribution is 5.15. The number of nitrogens with two attached hydrogens (primary N) is 3. The van der Waals surface area contributed by atoms with Crippen molar-refractivity contribution in [2.24, 2.45) is 63.5 Å². The Morgan fingerprint density at radius 3 is 1.94 bits per heavy atom. The van der Waals surface area contributed by atoms with Gasteiger partial charge in [-0.1, -0.05) is 60.3 Å². The Morgan fingerprint density at radius 2 is 1.30 bits per heavy atom. The van der Waals surface area contributed by atoms with Gasteiger partial charge in [0.15, 0.2) is 0 Å². The summed E-state index contributed by atoms with van der Waals surface area (Å²) in [7, 11) is 0. The second kappa shape index (κ2) is 21.6. The van der Waals surface area contributed by atoms with E-state index in [1.165, 1.54) is 110 Å². The number of nitrogens with zero attached hydrogens (tertiary/aromatic N) is 1. The molecule has 11 atom stereocenters. The molecule has 4 aliphatic carbocycles. The molecule has 0 aromatic rings. The van der Waals surface area contributed by atoms with Gasteiger partial charge in [-0.05, 0) is 170 Å². The van der Waals surface area contributed by atoms with Gasteiger partial charge in [0.1, 0.15) is 0 Å². The van der Waals surface area contributed by atoms with E-state index in [9.17, 15) is 0 Å². The molecule has 0 radical (unpaired) electrons. The van der Waals surface area contributed by atoms with E-state index in [0.717, 1.165) is 45.5 Å². The second-order valence-electron chi connectivity index (χ2n) is 17.9. The molecule has 50 heavy (non-hydrogen) atoms. The highest BCUT2D eigenvalue weighted by Gasteiger charge is 2.66. The molecule has 0 saturated heterocycles. The second-order valence-corrected chi connectivity index (χ2v) is 17.9. The molecule has 2 unspecified atom stereocenters. The molecule has 6 N–H and O–H groups in total. The zero-order valence-electron chi connectivity index (χ0n) is 33.7. The summed E-state index contributed by atoms with van der Waals surface area (Å²) in [5, 5.41) is 0. The van der Waals surface area contributed by atoms with Crippen molar-refractivity contribution < 1.29 is 14.2 Å². The molecule has 0 spiro atoms.